The summed E-state index contributed by atoms with van der Waals surface area (Å²) >= 11 is 0. The molecule has 5 aliphatic carbocycles. The molecule has 3 unspecified atom stereocenters. The van der Waals surface area contributed by atoms with E-state index in [0.717, 1.165) is 64.3 Å². The van der Waals surface area contributed by atoms with Gasteiger partial charge in [-0.1, -0.05) is 48.5 Å². The Morgan fingerprint density at radius 3 is 2.32 bits per heavy atom. The molecule has 0 amide bonds. The molecule has 9 nitrogen and oxygen atoms in total. The second-order valence-corrected chi connectivity index (χ2v) is 22.5. The Balaban J connectivity index is 0.947. The van der Waals surface area contributed by atoms with Crippen molar-refractivity contribution in [3.8, 4) is 0 Å². The Hall–Kier alpha value is -0.360. The molecule has 0 radical (unpaired) electrons. The zero-order valence-corrected chi connectivity index (χ0v) is 35.2. The summed E-state index contributed by atoms with van der Waals surface area (Å²) in [6.45, 7) is 30.2. The van der Waals surface area contributed by atoms with Crippen molar-refractivity contribution in [3.63, 3.8) is 0 Å². The highest BCUT2D eigenvalue weighted by atomic mass is 16.7. The van der Waals surface area contributed by atoms with Crippen molar-refractivity contribution in [2.75, 3.05) is 52.5 Å². The van der Waals surface area contributed by atoms with E-state index in [1.807, 2.05) is 20.8 Å². The molecule has 3 saturated heterocycles. The van der Waals surface area contributed by atoms with Gasteiger partial charge in [0.25, 0.3) is 0 Å². The lowest BCUT2D eigenvalue weighted by Gasteiger charge is -2.63. The van der Waals surface area contributed by atoms with Gasteiger partial charge in [0.15, 0.2) is 6.29 Å². The maximum absolute atomic E-state index is 12.5. The first kappa shape index (κ1) is 39.5. The molecule has 8 rings (SSSR count). The minimum absolute atomic E-state index is 0.0425. The molecule has 3 heterocycles. The van der Waals surface area contributed by atoms with E-state index in [2.05, 4.69) is 58.3 Å². The summed E-state index contributed by atoms with van der Waals surface area (Å²) in [4.78, 5) is 5.21. The molecule has 8 aliphatic rings. The van der Waals surface area contributed by atoms with Crippen LogP contribution in [0.2, 0.25) is 0 Å². The van der Waals surface area contributed by atoms with E-state index in [4.69, 9.17) is 24.7 Å². The summed E-state index contributed by atoms with van der Waals surface area (Å²) in [5, 5.41) is 23.6. The van der Waals surface area contributed by atoms with E-state index in [9.17, 15) is 10.2 Å². The standard InChI is InChI=1S/C44H77N3O6/c1-11-50-37(40(8,9)49)29-20-27(2)34-35(52-29)36(48)44(45)31-13-12-30-39(6,7)32(14-15-42(30)25-43(31,42)17-16-41(34,44)10)53-33-24-46(18-19-51-33)21-28-22-47(23-28)26-38(3,4)5/h27-37,48-49H,11-26,45H2,1-10H3/t27-,29?,30+,31?,32+,33+,34+,35?,36+,37+,41-,42-,43+,44+/m1/s1. The first-order valence-electron chi connectivity index (χ1n) is 21.9. The van der Waals surface area contributed by atoms with Crippen molar-refractivity contribution in [2.24, 2.45) is 62.4 Å². The quantitative estimate of drug-likeness (QED) is 0.275. The highest BCUT2D eigenvalue weighted by Gasteiger charge is 2.85. The van der Waals surface area contributed by atoms with Gasteiger partial charge in [-0.05, 0) is 129 Å². The van der Waals surface area contributed by atoms with Crippen LogP contribution in [-0.4, -0.2) is 120 Å². The van der Waals surface area contributed by atoms with Crippen molar-refractivity contribution in [1.82, 2.24) is 9.80 Å². The van der Waals surface area contributed by atoms with Gasteiger partial charge >= 0.3 is 0 Å². The van der Waals surface area contributed by atoms with Crippen molar-refractivity contribution in [2.45, 2.75) is 169 Å². The molecule has 53 heavy (non-hydrogen) atoms. The summed E-state index contributed by atoms with van der Waals surface area (Å²) < 4.78 is 26.4. The van der Waals surface area contributed by atoms with Crippen LogP contribution in [0, 0.1) is 56.7 Å². The third kappa shape index (κ3) is 6.00. The van der Waals surface area contributed by atoms with E-state index >= 15 is 0 Å². The molecule has 14 atom stereocenters. The predicted octanol–water partition coefficient (Wildman–Crippen LogP) is 5.69. The number of hydrogen-bond donors (Lipinski definition) is 3. The lowest BCUT2D eigenvalue weighted by Crippen LogP contribution is -2.70. The number of likely N-dealkylation sites (tertiary alicyclic amines) is 1. The van der Waals surface area contributed by atoms with Crippen LogP contribution < -0.4 is 5.73 Å². The van der Waals surface area contributed by atoms with Crippen LogP contribution in [0.1, 0.15) is 121 Å². The third-order valence-corrected chi connectivity index (χ3v) is 17.3. The molecule has 0 aromatic rings. The fourth-order valence-electron chi connectivity index (χ4n) is 15.4. The second kappa shape index (κ2) is 13.1. The molecule has 8 fully saturated rings. The number of aliphatic hydroxyl groups excluding tert-OH is 1. The lowest BCUT2D eigenvalue weighted by molar-refractivity contribution is -0.247. The van der Waals surface area contributed by atoms with Gasteiger partial charge in [-0.25, -0.2) is 0 Å². The van der Waals surface area contributed by atoms with Gasteiger partial charge in [0, 0.05) is 45.9 Å². The van der Waals surface area contributed by atoms with Gasteiger partial charge in [0.1, 0.15) is 6.10 Å². The Kier molecular flexibility index (Phi) is 9.74. The topological polar surface area (TPSA) is 110 Å². The molecular formula is C44H77N3O6. The molecule has 3 aliphatic heterocycles. The van der Waals surface area contributed by atoms with Gasteiger partial charge in [-0.3, -0.25) is 4.90 Å². The van der Waals surface area contributed by atoms with Gasteiger partial charge in [0.2, 0.25) is 0 Å². The summed E-state index contributed by atoms with van der Waals surface area (Å²) in [6.07, 6.45) is 7.02. The predicted molar refractivity (Wildman–Crippen MR) is 207 cm³/mol. The van der Waals surface area contributed by atoms with Gasteiger partial charge < -0.3 is 39.8 Å². The normalized spacial score (nSPS) is 49.2. The molecular weight excluding hydrogens is 666 g/mol. The fraction of sp³-hybridized carbons (Fsp3) is 1.00. The molecule has 2 spiro atoms. The highest BCUT2D eigenvalue weighted by molar-refractivity contribution is 5.35. The number of rotatable bonds is 9. The lowest BCUT2D eigenvalue weighted by atomic mass is 9.43. The van der Waals surface area contributed by atoms with E-state index in [1.54, 1.807) is 0 Å². The van der Waals surface area contributed by atoms with Gasteiger partial charge in [-0.2, -0.15) is 0 Å². The number of nitrogens with two attached hydrogens (primary N) is 1. The highest BCUT2D eigenvalue weighted by Crippen LogP contribution is 2.87. The number of morpholine rings is 1. The van der Waals surface area contributed by atoms with E-state index in [1.165, 1.54) is 38.9 Å². The molecule has 304 valence electrons. The first-order valence-corrected chi connectivity index (χ1v) is 21.9. The van der Waals surface area contributed by atoms with E-state index in [-0.39, 0.29) is 58.1 Å². The van der Waals surface area contributed by atoms with Crippen LogP contribution in [0.15, 0.2) is 0 Å². The molecule has 0 aromatic carbocycles. The Labute approximate surface area is 321 Å². The molecule has 5 saturated carbocycles. The summed E-state index contributed by atoms with van der Waals surface area (Å²) in [7, 11) is 0. The van der Waals surface area contributed by atoms with Crippen LogP contribution in [0.4, 0.5) is 0 Å². The van der Waals surface area contributed by atoms with Crippen molar-refractivity contribution >= 4 is 0 Å². The van der Waals surface area contributed by atoms with Crippen LogP contribution >= 0.6 is 0 Å². The zero-order valence-electron chi connectivity index (χ0n) is 35.2. The minimum atomic E-state index is -1.04. The Morgan fingerprint density at radius 2 is 1.64 bits per heavy atom. The summed E-state index contributed by atoms with van der Waals surface area (Å²) in [5.41, 5.74) is 6.79. The van der Waals surface area contributed by atoms with Crippen LogP contribution in [0.25, 0.3) is 0 Å². The maximum Gasteiger partial charge on any atom is 0.170 e. The van der Waals surface area contributed by atoms with Gasteiger partial charge in [0.05, 0.1) is 42.2 Å². The van der Waals surface area contributed by atoms with Crippen LogP contribution in [-0.2, 0) is 18.9 Å². The van der Waals surface area contributed by atoms with Crippen molar-refractivity contribution in [1.29, 1.82) is 0 Å². The maximum atomic E-state index is 12.5. The number of aliphatic hydroxyl groups is 2. The van der Waals surface area contributed by atoms with Gasteiger partial charge in [-0.15, -0.1) is 0 Å². The summed E-state index contributed by atoms with van der Waals surface area (Å²) in [5.74, 6) is 2.13. The molecule has 0 aromatic heterocycles. The zero-order chi connectivity index (χ0) is 38.1. The van der Waals surface area contributed by atoms with Crippen molar-refractivity contribution < 1.29 is 29.2 Å². The summed E-state index contributed by atoms with van der Waals surface area (Å²) in [6, 6.07) is 0. The van der Waals surface area contributed by atoms with E-state index in [0.29, 0.717) is 23.9 Å². The van der Waals surface area contributed by atoms with Crippen LogP contribution in [0.3, 0.4) is 0 Å². The number of hydrogen-bond acceptors (Lipinski definition) is 9. The number of ether oxygens (including phenoxy) is 4. The molecule has 4 N–H and O–H groups in total. The van der Waals surface area contributed by atoms with E-state index < -0.39 is 23.3 Å². The fourth-order valence-corrected chi connectivity index (χ4v) is 15.4. The molecule has 0 bridgehead atoms. The Morgan fingerprint density at radius 1 is 0.943 bits per heavy atom. The average Bonchev–Trinajstić information content (AvgIpc) is 3.67. The average molecular weight is 744 g/mol. The molecule has 9 heteroatoms. The number of fused-ring (bicyclic) bond motifs is 4. The number of nitrogens with zero attached hydrogens (tertiary/aromatic N) is 2. The SMILES string of the molecule is CCO[C@@H](C1C[C@@H](C)[C@H]2C(O1)[C@H](O)[C@@]1(N)C3CC[C@H]4C(C)(C)[C@@H](O[C@H]5CN(CC6CN(CC(C)(C)C)C6)CCO5)CC[C@@]45C[C@@]35CC[C@]21C)C(C)(C)O. The van der Waals surface area contributed by atoms with Crippen LogP contribution in [0.5, 0.6) is 0 Å². The smallest absolute Gasteiger partial charge is 0.170 e. The third-order valence-electron chi connectivity index (χ3n) is 17.3. The second-order valence-electron chi connectivity index (χ2n) is 22.5. The minimum Gasteiger partial charge on any atom is -0.388 e. The first-order chi connectivity index (χ1) is 24.7. The Bertz CT molecular complexity index is 1360. The van der Waals surface area contributed by atoms with Crippen molar-refractivity contribution in [3.05, 3.63) is 0 Å². The monoisotopic (exact) mass is 744 g/mol. The largest absolute Gasteiger partial charge is 0.388 e.